The topological polar surface area (TPSA) is 66.8 Å². The van der Waals surface area contributed by atoms with Crippen LogP contribution in [-0.2, 0) is 9.81 Å². The molecule has 0 heterocycles. The molecule has 0 radical (unpaired) electrons. The van der Waals surface area contributed by atoms with E-state index < -0.39 is 5.60 Å². The van der Waals surface area contributed by atoms with Gasteiger partial charge in [-0.2, -0.15) is 6.92 Å². The Hall–Kier alpha value is 0.974. The summed E-state index contributed by atoms with van der Waals surface area (Å²) in [6.45, 7) is 31.7. The molecule has 2 N–H and O–H groups in total. The van der Waals surface area contributed by atoms with Gasteiger partial charge in [-0.3, -0.25) is 10.1 Å². The van der Waals surface area contributed by atoms with E-state index in [0.717, 1.165) is 27.9 Å². The Bertz CT molecular complexity index is 1240. The zero-order valence-corrected chi connectivity index (χ0v) is 44.9. The number of hydrogen-bond acceptors (Lipinski definition) is 4. The first kappa shape index (κ1) is 57.1. The summed E-state index contributed by atoms with van der Waals surface area (Å²) in [6, 6.07) is 19.7. The third kappa shape index (κ3) is 29.2. The van der Waals surface area contributed by atoms with E-state index in [-0.39, 0.29) is 11.0 Å². The van der Waals surface area contributed by atoms with Gasteiger partial charge in [0.05, 0.1) is 11.7 Å². The standard InChI is InChI=1S/C18H26O.C18H24O.C4H10O2.C3H7I.C2H5.3HI.V/c2*1-13(2)16-10-9-14(3)17(11-16)12-18(19)15-7-5-4-6-8-15;1-4(2,3)6-5;1-3(2)4;1-2;;;;/h4-8,14,16-19H,1,9-12H2,2-3H3;4-8,14,16-17H,1,9-12H2,2-3H3;5H,1-3H3;3H,1-2H3;1H2,2H3;3*1H;/q;;;;-1;;;;+3/p-3/t14-,16-,17+,18?;14-,16-,17+;;;;;;;/m11......./s1. The van der Waals surface area contributed by atoms with Crippen LogP contribution in [0.3, 0.4) is 0 Å². The second-order valence-electron chi connectivity index (χ2n) is 15.8. The fourth-order valence-electron chi connectivity index (χ4n) is 6.42. The summed E-state index contributed by atoms with van der Waals surface area (Å²) >= 11 is 9.73. The molecule has 0 spiro atoms. The fourth-order valence-corrected chi connectivity index (χ4v) is 6.42. The normalized spacial score (nSPS) is 22.4. The minimum atomic E-state index is -0.403. The number of carbonyl (C=O) groups excluding carboxylic acids is 1. The van der Waals surface area contributed by atoms with Gasteiger partial charge in [-0.25, -0.2) is 4.89 Å². The summed E-state index contributed by atoms with van der Waals surface area (Å²) in [5, 5.41) is 18.3. The van der Waals surface area contributed by atoms with E-state index in [1.165, 1.54) is 43.3 Å². The molecule has 2 aromatic carbocycles. The van der Waals surface area contributed by atoms with E-state index in [1.54, 1.807) is 27.7 Å². The summed E-state index contributed by atoms with van der Waals surface area (Å²) in [7, 11) is 0. The second kappa shape index (κ2) is 32.8. The van der Waals surface area contributed by atoms with Crippen molar-refractivity contribution >= 4 is 88.3 Å². The van der Waals surface area contributed by atoms with Crippen LogP contribution >= 0.6 is 82.5 Å². The number of hydrogen-bond donors (Lipinski definition) is 2. The number of carbonyl (C=O) groups is 1. The predicted octanol–water partition coefficient (Wildman–Crippen LogP) is 16.2. The number of aliphatic hydroxyl groups excluding tert-OH is 1. The third-order valence-corrected chi connectivity index (χ3v) is 9.65. The molecule has 2 aliphatic rings. The number of benzene rings is 2. The van der Waals surface area contributed by atoms with E-state index in [0.29, 0.717) is 47.7 Å². The molecule has 2 aromatic rings. The number of allylic oxidation sites excluding steroid dienone is 2. The Morgan fingerprint density at radius 2 is 1.19 bits per heavy atom. The van der Waals surface area contributed by atoms with Gasteiger partial charge in [0.25, 0.3) is 0 Å². The number of alkyl halides is 1. The Morgan fingerprint density at radius 3 is 1.56 bits per heavy atom. The molecule has 0 saturated heterocycles. The Kier molecular flexibility index (Phi) is 34.6. The maximum atomic E-state index is 12.3. The molecule has 1 unspecified atom stereocenters. The van der Waals surface area contributed by atoms with Crippen LogP contribution in [0, 0.1) is 42.4 Å². The Balaban J connectivity index is 0. The number of ketones is 1. The van der Waals surface area contributed by atoms with Crippen LogP contribution in [0.2, 0.25) is 0 Å². The van der Waals surface area contributed by atoms with Crippen LogP contribution in [0.1, 0.15) is 143 Å². The molecule has 0 amide bonds. The fraction of sp³-hybridized carbons (Fsp3) is 0.600. The molecular formula is C45H72I4O4V-. The monoisotopic (exact) mass is 1240 g/mol. The van der Waals surface area contributed by atoms with Crippen molar-refractivity contribution in [2.75, 3.05) is 0 Å². The van der Waals surface area contributed by atoms with Gasteiger partial charge in [0, 0.05) is 15.9 Å². The quantitative estimate of drug-likeness (QED) is 0.0526. The van der Waals surface area contributed by atoms with Crippen LogP contribution in [0.5, 0.6) is 0 Å². The minimum absolute atomic E-state index is 0.278. The maximum absolute atomic E-state index is 12.3. The van der Waals surface area contributed by atoms with Crippen molar-refractivity contribution in [2.24, 2.45) is 35.5 Å². The van der Waals surface area contributed by atoms with Crippen molar-refractivity contribution < 1.29 is 25.0 Å². The molecule has 0 bridgehead atoms. The zero-order valence-electron chi connectivity index (χ0n) is 34.8. The van der Waals surface area contributed by atoms with Crippen molar-refractivity contribution in [3.05, 3.63) is 103 Å². The van der Waals surface area contributed by atoms with Crippen LogP contribution in [0.4, 0.5) is 0 Å². The van der Waals surface area contributed by atoms with Gasteiger partial charge in [-0.1, -0.05) is 135 Å². The van der Waals surface area contributed by atoms with Crippen LogP contribution in [0.25, 0.3) is 0 Å². The van der Waals surface area contributed by atoms with E-state index in [1.807, 2.05) is 60.7 Å². The van der Waals surface area contributed by atoms with E-state index in [2.05, 4.69) is 149 Å². The summed E-state index contributed by atoms with van der Waals surface area (Å²) < 4.78 is 0.803. The van der Waals surface area contributed by atoms with Crippen LogP contribution in [-0.4, -0.2) is 25.7 Å². The Labute approximate surface area is 383 Å². The van der Waals surface area contributed by atoms with Crippen molar-refractivity contribution in [1.82, 2.24) is 0 Å². The average Bonchev–Trinajstić information content (AvgIpc) is 3.11. The first-order valence-electron chi connectivity index (χ1n) is 19.2. The molecule has 4 rings (SSSR count). The predicted molar refractivity (Wildman–Crippen MR) is 267 cm³/mol. The van der Waals surface area contributed by atoms with Gasteiger partial charge >= 0.3 is 64.9 Å². The van der Waals surface area contributed by atoms with Gasteiger partial charge in [0.1, 0.15) is 0 Å². The summed E-state index contributed by atoms with van der Waals surface area (Å²) in [4.78, 5) is 16.0. The number of Topliss-reactive ketones (excluding diaryl/α,β-unsaturated/α-hetero) is 1. The molecule has 0 aromatic heterocycles. The van der Waals surface area contributed by atoms with E-state index in [9.17, 15) is 9.90 Å². The molecule has 310 valence electrons. The van der Waals surface area contributed by atoms with Gasteiger partial charge in [-0.15, -0.1) is 0 Å². The zero-order chi connectivity index (χ0) is 42.0. The second-order valence-corrected chi connectivity index (χ2v) is 53.6. The van der Waals surface area contributed by atoms with Gasteiger partial charge < -0.3 is 12.0 Å². The molecule has 2 saturated carbocycles. The van der Waals surface area contributed by atoms with E-state index in [4.69, 9.17) is 5.26 Å². The molecular weight excluding hydrogens is 1160 g/mol. The van der Waals surface area contributed by atoms with Crippen LogP contribution < -0.4 is 0 Å². The number of rotatable bonds is 8. The van der Waals surface area contributed by atoms with Gasteiger partial charge in [0.2, 0.25) is 0 Å². The molecule has 9 heteroatoms. The number of halogens is 4. The first-order valence-corrected chi connectivity index (χ1v) is 34.0. The van der Waals surface area contributed by atoms with Crippen LogP contribution in [0.15, 0.2) is 85.0 Å². The molecule has 2 aliphatic carbocycles. The van der Waals surface area contributed by atoms with Crippen molar-refractivity contribution in [1.29, 1.82) is 0 Å². The molecule has 7 atom stereocenters. The summed E-state index contributed by atoms with van der Waals surface area (Å²) in [5.41, 5.74) is 4.09. The molecule has 0 aliphatic heterocycles. The van der Waals surface area contributed by atoms with Crippen molar-refractivity contribution in [3.63, 3.8) is 0 Å². The van der Waals surface area contributed by atoms with Crippen molar-refractivity contribution in [2.45, 2.75) is 136 Å². The summed E-state index contributed by atoms with van der Waals surface area (Å²) in [5.74, 6) is 4.07. The third-order valence-electron chi connectivity index (χ3n) is 9.65. The molecule has 4 nitrogen and oxygen atoms in total. The molecule has 2 fully saturated rings. The Morgan fingerprint density at radius 1 is 0.833 bits per heavy atom. The van der Waals surface area contributed by atoms with Gasteiger partial charge in [-0.05, 0) is 121 Å². The van der Waals surface area contributed by atoms with Crippen molar-refractivity contribution in [3.8, 4) is 0 Å². The summed E-state index contributed by atoms with van der Waals surface area (Å²) in [6.07, 6.45) is 8.59. The number of aliphatic hydroxyl groups is 1. The SMILES string of the molecule is C=C(C)[C@@H]1CC[C@@H](C)[C@H](CC(=O)c2ccccc2)C1.C=C(C)[C@@H]1CC[C@@H](C)[C@H](CC(O)c2ccccc2)C1.CC(C)(C)OO.CC(C)I.[CH2-]C.[I][V]([I])[I]. The van der Waals surface area contributed by atoms with Gasteiger partial charge in [0.15, 0.2) is 5.78 Å². The van der Waals surface area contributed by atoms with E-state index >= 15 is 0 Å². The first-order chi connectivity index (χ1) is 25.2. The molecule has 54 heavy (non-hydrogen) atoms. The average molecular weight is 1240 g/mol.